The van der Waals surface area contributed by atoms with Crippen LogP contribution >= 0.6 is 0 Å². The van der Waals surface area contributed by atoms with E-state index in [1.54, 1.807) is 6.92 Å². The third kappa shape index (κ3) is 8.27. The molecule has 0 aliphatic rings. The molecule has 0 bridgehead atoms. The lowest BCUT2D eigenvalue weighted by Crippen LogP contribution is -2.15. The molecule has 0 aromatic rings. The molecule has 6 heteroatoms. The molecule has 0 aromatic heterocycles. The molecule has 0 saturated heterocycles. The van der Waals surface area contributed by atoms with Crippen molar-refractivity contribution in [1.82, 2.24) is 0 Å². The zero-order chi connectivity index (χ0) is 13.1. The van der Waals surface area contributed by atoms with E-state index in [2.05, 4.69) is 0 Å². The zero-order valence-corrected chi connectivity index (χ0v) is 10.1. The highest BCUT2D eigenvalue weighted by atomic mass is 16.6. The SMILES string of the molecule is CCOCCOC(=O)C(=CCC(=O)O)OCC. The van der Waals surface area contributed by atoms with Crippen LogP contribution < -0.4 is 0 Å². The summed E-state index contributed by atoms with van der Waals surface area (Å²) in [5.41, 5.74) is 0. The summed E-state index contributed by atoms with van der Waals surface area (Å²) in [7, 11) is 0. The van der Waals surface area contributed by atoms with E-state index in [4.69, 9.17) is 19.3 Å². The van der Waals surface area contributed by atoms with Gasteiger partial charge in [0.05, 0.1) is 19.6 Å². The first-order chi connectivity index (χ1) is 8.11. The van der Waals surface area contributed by atoms with Gasteiger partial charge in [-0.25, -0.2) is 4.79 Å². The van der Waals surface area contributed by atoms with Gasteiger partial charge in [-0.15, -0.1) is 0 Å². The molecule has 0 aliphatic carbocycles. The van der Waals surface area contributed by atoms with E-state index in [-0.39, 0.29) is 25.4 Å². The average molecular weight is 246 g/mol. The molecule has 0 spiro atoms. The number of hydrogen-bond donors (Lipinski definition) is 1. The van der Waals surface area contributed by atoms with Crippen molar-refractivity contribution < 1.29 is 28.9 Å². The van der Waals surface area contributed by atoms with Crippen molar-refractivity contribution in [3.63, 3.8) is 0 Å². The molecule has 0 heterocycles. The molecule has 17 heavy (non-hydrogen) atoms. The van der Waals surface area contributed by atoms with Gasteiger partial charge in [-0.2, -0.15) is 0 Å². The van der Waals surface area contributed by atoms with Gasteiger partial charge in [-0.3, -0.25) is 4.79 Å². The number of ether oxygens (including phenoxy) is 3. The number of esters is 1. The fourth-order valence-electron chi connectivity index (χ4n) is 0.945. The Labute approximate surface area is 100 Å². The summed E-state index contributed by atoms with van der Waals surface area (Å²) in [6.07, 6.45) is 0.907. The van der Waals surface area contributed by atoms with Crippen molar-refractivity contribution in [2.45, 2.75) is 20.3 Å². The second-order valence-corrected chi connectivity index (χ2v) is 2.93. The highest BCUT2D eigenvalue weighted by Gasteiger charge is 2.12. The van der Waals surface area contributed by atoms with Crippen LogP contribution in [0.5, 0.6) is 0 Å². The van der Waals surface area contributed by atoms with Crippen LogP contribution in [0.1, 0.15) is 20.3 Å². The zero-order valence-electron chi connectivity index (χ0n) is 10.1. The predicted octanol–water partition coefficient (Wildman–Crippen LogP) is 0.961. The fraction of sp³-hybridized carbons (Fsp3) is 0.636. The van der Waals surface area contributed by atoms with E-state index >= 15 is 0 Å². The minimum absolute atomic E-state index is 0.0774. The highest BCUT2D eigenvalue weighted by molar-refractivity contribution is 5.87. The Morgan fingerprint density at radius 2 is 1.82 bits per heavy atom. The summed E-state index contributed by atoms with van der Waals surface area (Å²) in [5, 5.41) is 8.49. The van der Waals surface area contributed by atoms with Crippen molar-refractivity contribution in [3.8, 4) is 0 Å². The molecule has 0 aromatic carbocycles. The standard InChI is InChI=1S/C11H18O6/c1-3-15-7-8-17-11(14)9(16-4-2)5-6-10(12)13/h5H,3-4,6-8H2,1-2H3,(H,12,13). The number of carbonyl (C=O) groups is 2. The van der Waals surface area contributed by atoms with Gasteiger partial charge in [-0.1, -0.05) is 0 Å². The summed E-state index contributed by atoms with van der Waals surface area (Å²) in [5.74, 6) is -1.79. The van der Waals surface area contributed by atoms with E-state index in [1.165, 1.54) is 6.08 Å². The summed E-state index contributed by atoms with van der Waals surface area (Å²) in [4.78, 5) is 21.8. The molecule has 0 amide bonds. The van der Waals surface area contributed by atoms with Gasteiger partial charge in [0.25, 0.3) is 0 Å². The number of hydrogen-bond acceptors (Lipinski definition) is 5. The van der Waals surface area contributed by atoms with Gasteiger partial charge >= 0.3 is 11.9 Å². The Balaban J connectivity index is 4.14. The molecular formula is C11H18O6. The Hall–Kier alpha value is -1.56. The van der Waals surface area contributed by atoms with E-state index < -0.39 is 11.9 Å². The lowest BCUT2D eigenvalue weighted by Gasteiger charge is -2.08. The van der Waals surface area contributed by atoms with Gasteiger partial charge in [0, 0.05) is 6.61 Å². The molecule has 0 fully saturated rings. The first kappa shape index (κ1) is 15.4. The monoisotopic (exact) mass is 246 g/mol. The van der Waals surface area contributed by atoms with Crippen LogP contribution in [0.15, 0.2) is 11.8 Å². The first-order valence-electron chi connectivity index (χ1n) is 5.41. The molecule has 6 nitrogen and oxygen atoms in total. The van der Waals surface area contributed by atoms with E-state index in [0.717, 1.165) is 0 Å². The molecule has 0 aliphatic heterocycles. The Bertz CT molecular complexity index is 271. The minimum atomic E-state index is -1.04. The topological polar surface area (TPSA) is 82.1 Å². The smallest absolute Gasteiger partial charge is 0.373 e. The van der Waals surface area contributed by atoms with Gasteiger partial charge in [0.2, 0.25) is 5.76 Å². The van der Waals surface area contributed by atoms with Gasteiger partial charge in [0.1, 0.15) is 6.61 Å². The maximum atomic E-state index is 11.4. The van der Waals surface area contributed by atoms with Crippen molar-refractivity contribution >= 4 is 11.9 Å². The largest absolute Gasteiger partial charge is 0.487 e. The third-order valence-corrected chi connectivity index (χ3v) is 1.63. The van der Waals surface area contributed by atoms with Crippen molar-refractivity contribution in [3.05, 3.63) is 11.8 Å². The summed E-state index contributed by atoms with van der Waals surface area (Å²) in [6.45, 7) is 4.77. The Kier molecular flexibility index (Phi) is 8.77. The molecule has 1 N–H and O–H groups in total. The maximum absolute atomic E-state index is 11.4. The van der Waals surface area contributed by atoms with E-state index in [9.17, 15) is 9.59 Å². The third-order valence-electron chi connectivity index (χ3n) is 1.63. The second-order valence-electron chi connectivity index (χ2n) is 2.93. The van der Waals surface area contributed by atoms with E-state index in [1.807, 2.05) is 6.92 Å². The van der Waals surface area contributed by atoms with Crippen LogP contribution in [0.25, 0.3) is 0 Å². The Morgan fingerprint density at radius 1 is 1.12 bits per heavy atom. The van der Waals surface area contributed by atoms with Gasteiger partial charge in [0.15, 0.2) is 0 Å². The molecule has 0 saturated carbocycles. The molecular weight excluding hydrogens is 228 g/mol. The number of rotatable bonds is 9. The maximum Gasteiger partial charge on any atom is 0.373 e. The minimum Gasteiger partial charge on any atom is -0.487 e. The number of carboxylic acid groups (broad SMARTS) is 1. The first-order valence-corrected chi connectivity index (χ1v) is 5.41. The lowest BCUT2D eigenvalue weighted by molar-refractivity contribution is -0.144. The van der Waals surface area contributed by atoms with Crippen LogP contribution in [0.2, 0.25) is 0 Å². The molecule has 0 atom stereocenters. The van der Waals surface area contributed by atoms with Gasteiger partial charge < -0.3 is 19.3 Å². The van der Waals surface area contributed by atoms with Crippen molar-refractivity contribution in [1.29, 1.82) is 0 Å². The van der Waals surface area contributed by atoms with Crippen LogP contribution in [-0.4, -0.2) is 43.5 Å². The normalized spacial score (nSPS) is 11.1. The predicted molar refractivity (Wildman–Crippen MR) is 59.4 cm³/mol. The molecule has 0 radical (unpaired) electrons. The van der Waals surface area contributed by atoms with Crippen LogP contribution in [-0.2, 0) is 23.8 Å². The number of carbonyl (C=O) groups excluding carboxylic acids is 1. The second kappa shape index (κ2) is 9.65. The fourth-order valence-corrected chi connectivity index (χ4v) is 0.945. The molecule has 98 valence electrons. The highest BCUT2D eigenvalue weighted by Crippen LogP contribution is 2.03. The lowest BCUT2D eigenvalue weighted by atomic mass is 10.3. The van der Waals surface area contributed by atoms with Crippen molar-refractivity contribution in [2.24, 2.45) is 0 Å². The van der Waals surface area contributed by atoms with Crippen LogP contribution in [0.3, 0.4) is 0 Å². The summed E-state index contributed by atoms with van der Waals surface area (Å²) < 4.78 is 14.8. The number of carboxylic acids is 1. The van der Waals surface area contributed by atoms with Gasteiger partial charge in [-0.05, 0) is 19.9 Å². The van der Waals surface area contributed by atoms with E-state index in [0.29, 0.717) is 13.2 Å². The quantitative estimate of drug-likeness (QED) is 0.282. The van der Waals surface area contributed by atoms with Crippen LogP contribution in [0.4, 0.5) is 0 Å². The molecule has 0 unspecified atom stereocenters. The Morgan fingerprint density at radius 3 is 2.35 bits per heavy atom. The van der Waals surface area contributed by atoms with Crippen LogP contribution in [0, 0.1) is 0 Å². The summed E-state index contributed by atoms with van der Waals surface area (Å²) >= 11 is 0. The average Bonchev–Trinajstić information content (AvgIpc) is 2.29. The molecule has 0 rings (SSSR count). The summed E-state index contributed by atoms with van der Waals surface area (Å²) in [6, 6.07) is 0. The number of aliphatic carboxylic acids is 1. The van der Waals surface area contributed by atoms with Crippen molar-refractivity contribution in [2.75, 3.05) is 26.4 Å².